The second-order valence-electron chi connectivity index (χ2n) is 5.38. The molecule has 2 aromatic heterocycles. The lowest BCUT2D eigenvalue weighted by atomic mass is 10.2. The summed E-state index contributed by atoms with van der Waals surface area (Å²) in [5.74, 6) is 0.739. The van der Waals surface area contributed by atoms with Crippen molar-refractivity contribution in [3.05, 3.63) is 29.4 Å². The van der Waals surface area contributed by atoms with Crippen molar-refractivity contribution in [2.75, 3.05) is 4.90 Å². The van der Waals surface area contributed by atoms with Crippen molar-refractivity contribution in [1.82, 2.24) is 19.5 Å². The number of anilines is 2. The molecule has 0 unspecified atom stereocenters. The summed E-state index contributed by atoms with van der Waals surface area (Å²) in [6.45, 7) is 5.40. The van der Waals surface area contributed by atoms with Crippen molar-refractivity contribution >= 4 is 33.8 Å². The molecule has 7 nitrogen and oxygen atoms in total. The molecule has 2 rings (SSSR count). The fourth-order valence-corrected chi connectivity index (χ4v) is 1.78. The summed E-state index contributed by atoms with van der Waals surface area (Å²) in [5, 5.41) is 0. The SMILES string of the molecule is Cn1cncc1N(C(=O)OC(C)(C)C)c1ncc(Br)cn1. The highest BCUT2D eigenvalue weighted by molar-refractivity contribution is 9.10. The Hall–Kier alpha value is -1.96. The third kappa shape index (κ3) is 3.78. The first-order valence-corrected chi connectivity index (χ1v) is 7.04. The second kappa shape index (κ2) is 5.80. The molecule has 8 heteroatoms. The van der Waals surface area contributed by atoms with Gasteiger partial charge in [-0.3, -0.25) is 0 Å². The van der Waals surface area contributed by atoms with Gasteiger partial charge in [-0.2, -0.15) is 4.90 Å². The summed E-state index contributed by atoms with van der Waals surface area (Å²) in [4.78, 5) is 26.1. The molecular formula is C13H16BrN5O2. The average molecular weight is 354 g/mol. The predicted octanol–water partition coefficient (Wildman–Crippen LogP) is 3.05. The molecule has 0 aliphatic heterocycles. The first kappa shape index (κ1) is 15.4. The number of nitrogens with zero attached hydrogens (tertiary/aromatic N) is 5. The Labute approximate surface area is 131 Å². The second-order valence-corrected chi connectivity index (χ2v) is 6.30. The summed E-state index contributed by atoms with van der Waals surface area (Å²) in [5.41, 5.74) is -0.622. The van der Waals surface area contributed by atoms with E-state index in [1.807, 2.05) is 0 Å². The number of carbonyl (C=O) groups is 1. The van der Waals surface area contributed by atoms with Crippen LogP contribution in [-0.4, -0.2) is 31.2 Å². The number of ether oxygens (including phenoxy) is 1. The van der Waals surface area contributed by atoms with Crippen LogP contribution in [0.15, 0.2) is 29.4 Å². The number of hydrogen-bond donors (Lipinski definition) is 0. The molecule has 0 fully saturated rings. The monoisotopic (exact) mass is 353 g/mol. The Morgan fingerprint density at radius 3 is 2.38 bits per heavy atom. The Kier molecular flexibility index (Phi) is 4.26. The Bertz CT molecular complexity index is 633. The van der Waals surface area contributed by atoms with Crippen LogP contribution in [0.2, 0.25) is 0 Å². The van der Waals surface area contributed by atoms with Gasteiger partial charge < -0.3 is 9.30 Å². The molecule has 0 saturated heterocycles. The number of imidazole rings is 1. The number of amides is 1. The Balaban J connectivity index is 2.42. The van der Waals surface area contributed by atoms with Crippen molar-refractivity contribution in [3.8, 4) is 0 Å². The minimum Gasteiger partial charge on any atom is -0.443 e. The van der Waals surface area contributed by atoms with Gasteiger partial charge in [-0.15, -0.1) is 0 Å². The highest BCUT2D eigenvalue weighted by Gasteiger charge is 2.28. The minimum absolute atomic E-state index is 0.219. The first-order chi connectivity index (χ1) is 9.78. The number of aromatic nitrogens is 4. The van der Waals surface area contributed by atoms with E-state index in [9.17, 15) is 4.79 Å². The quantitative estimate of drug-likeness (QED) is 0.829. The third-order valence-electron chi connectivity index (χ3n) is 2.40. The number of aryl methyl sites for hydroxylation is 1. The van der Waals surface area contributed by atoms with Crippen LogP contribution in [0.25, 0.3) is 0 Å². The smallest absolute Gasteiger partial charge is 0.423 e. The molecule has 0 bridgehead atoms. The largest absolute Gasteiger partial charge is 0.443 e. The lowest BCUT2D eigenvalue weighted by Gasteiger charge is -2.25. The number of carbonyl (C=O) groups excluding carboxylic acids is 1. The van der Waals surface area contributed by atoms with E-state index < -0.39 is 11.7 Å². The summed E-state index contributed by atoms with van der Waals surface area (Å²) in [7, 11) is 1.78. The van der Waals surface area contributed by atoms with Gasteiger partial charge in [0, 0.05) is 19.4 Å². The van der Waals surface area contributed by atoms with Crippen molar-refractivity contribution < 1.29 is 9.53 Å². The maximum atomic E-state index is 12.5. The zero-order valence-corrected chi connectivity index (χ0v) is 13.8. The van der Waals surface area contributed by atoms with Crippen LogP contribution in [0.5, 0.6) is 0 Å². The first-order valence-electron chi connectivity index (χ1n) is 6.25. The zero-order chi connectivity index (χ0) is 15.6. The molecule has 0 radical (unpaired) electrons. The molecule has 0 atom stereocenters. The van der Waals surface area contributed by atoms with E-state index in [2.05, 4.69) is 30.9 Å². The van der Waals surface area contributed by atoms with E-state index in [0.717, 1.165) is 4.47 Å². The Morgan fingerprint density at radius 2 is 1.90 bits per heavy atom. The summed E-state index contributed by atoms with van der Waals surface area (Å²) < 4.78 is 7.83. The number of hydrogen-bond acceptors (Lipinski definition) is 5. The topological polar surface area (TPSA) is 73.1 Å². The van der Waals surface area contributed by atoms with Crippen LogP contribution in [0.1, 0.15) is 20.8 Å². The van der Waals surface area contributed by atoms with Crippen LogP contribution in [0.4, 0.5) is 16.6 Å². The summed E-state index contributed by atoms with van der Waals surface area (Å²) in [6.07, 6.45) is 5.71. The lowest BCUT2D eigenvalue weighted by molar-refractivity contribution is 0.0595. The standard InChI is InChI=1S/C13H16BrN5O2/c1-13(2,3)21-12(20)19(10-7-15-8-18(10)4)11-16-5-9(14)6-17-11/h5-8H,1-4H3. The number of rotatable bonds is 2. The van der Waals surface area contributed by atoms with Crippen molar-refractivity contribution in [2.24, 2.45) is 7.05 Å². The van der Waals surface area contributed by atoms with Gasteiger partial charge in [0.05, 0.1) is 17.0 Å². The maximum absolute atomic E-state index is 12.5. The van der Waals surface area contributed by atoms with Crippen molar-refractivity contribution in [1.29, 1.82) is 0 Å². The van der Waals surface area contributed by atoms with Gasteiger partial charge in [-0.05, 0) is 36.7 Å². The summed E-state index contributed by atoms with van der Waals surface area (Å²) >= 11 is 3.27. The molecule has 2 aromatic rings. The molecule has 21 heavy (non-hydrogen) atoms. The molecule has 0 aliphatic rings. The highest BCUT2D eigenvalue weighted by atomic mass is 79.9. The third-order valence-corrected chi connectivity index (χ3v) is 2.81. The van der Waals surface area contributed by atoms with E-state index >= 15 is 0 Å². The van der Waals surface area contributed by atoms with Crippen LogP contribution in [0.3, 0.4) is 0 Å². The minimum atomic E-state index is -0.622. The molecule has 2 heterocycles. The van der Waals surface area contributed by atoms with Crippen molar-refractivity contribution in [3.63, 3.8) is 0 Å². The van der Waals surface area contributed by atoms with Gasteiger partial charge >= 0.3 is 6.09 Å². The molecule has 0 aliphatic carbocycles. The summed E-state index contributed by atoms with van der Waals surface area (Å²) in [6, 6.07) is 0. The molecule has 0 aromatic carbocycles. The number of halogens is 1. The predicted molar refractivity (Wildman–Crippen MR) is 81.3 cm³/mol. The Morgan fingerprint density at radius 1 is 1.29 bits per heavy atom. The van der Waals surface area contributed by atoms with Crippen LogP contribution < -0.4 is 4.90 Å². The van der Waals surface area contributed by atoms with Gasteiger partial charge in [0.25, 0.3) is 0 Å². The van der Waals surface area contributed by atoms with Gasteiger partial charge in [0.1, 0.15) is 11.4 Å². The van der Waals surface area contributed by atoms with Crippen LogP contribution in [-0.2, 0) is 11.8 Å². The van der Waals surface area contributed by atoms with E-state index in [1.54, 1.807) is 57.3 Å². The zero-order valence-electron chi connectivity index (χ0n) is 12.2. The maximum Gasteiger partial charge on any atom is 0.423 e. The fourth-order valence-electron chi connectivity index (χ4n) is 1.57. The molecular weight excluding hydrogens is 338 g/mol. The molecule has 1 amide bonds. The van der Waals surface area contributed by atoms with Gasteiger partial charge in [-0.25, -0.2) is 19.7 Å². The van der Waals surface area contributed by atoms with Crippen molar-refractivity contribution in [2.45, 2.75) is 26.4 Å². The molecule has 0 N–H and O–H groups in total. The highest BCUT2D eigenvalue weighted by Crippen LogP contribution is 2.24. The fraction of sp³-hybridized carbons (Fsp3) is 0.385. The molecule has 112 valence electrons. The lowest BCUT2D eigenvalue weighted by Crippen LogP contribution is -2.35. The molecule has 0 saturated carbocycles. The van der Waals surface area contributed by atoms with E-state index in [1.165, 1.54) is 4.90 Å². The van der Waals surface area contributed by atoms with E-state index in [0.29, 0.717) is 5.82 Å². The van der Waals surface area contributed by atoms with Gasteiger partial charge in [0.2, 0.25) is 5.95 Å². The van der Waals surface area contributed by atoms with E-state index in [-0.39, 0.29) is 5.95 Å². The van der Waals surface area contributed by atoms with Gasteiger partial charge in [0.15, 0.2) is 0 Å². The van der Waals surface area contributed by atoms with Gasteiger partial charge in [-0.1, -0.05) is 0 Å². The van der Waals surface area contributed by atoms with Crippen LogP contribution in [0, 0.1) is 0 Å². The van der Waals surface area contributed by atoms with Crippen LogP contribution >= 0.6 is 15.9 Å². The molecule has 0 spiro atoms. The van der Waals surface area contributed by atoms with E-state index in [4.69, 9.17) is 4.74 Å². The average Bonchev–Trinajstić information content (AvgIpc) is 2.76. The normalized spacial score (nSPS) is 11.3.